The average Bonchev–Trinajstić information content (AvgIpc) is 2.90. The van der Waals surface area contributed by atoms with E-state index in [0.717, 1.165) is 12.8 Å². The maximum atomic E-state index is 12.7. The van der Waals surface area contributed by atoms with Gasteiger partial charge in [0.1, 0.15) is 6.04 Å². The van der Waals surface area contributed by atoms with Crippen LogP contribution in [-0.2, 0) is 4.79 Å². The minimum Gasteiger partial charge on any atom is -0.480 e. The van der Waals surface area contributed by atoms with Crippen LogP contribution >= 0.6 is 0 Å². The third-order valence-corrected chi connectivity index (χ3v) is 5.23. The molecule has 3 aliphatic heterocycles. The molecule has 7 nitrogen and oxygen atoms in total. The molecule has 2 amide bonds. The van der Waals surface area contributed by atoms with Crippen molar-refractivity contribution in [2.24, 2.45) is 0 Å². The third-order valence-electron chi connectivity index (χ3n) is 5.23. The van der Waals surface area contributed by atoms with Gasteiger partial charge < -0.3 is 20.0 Å². The lowest BCUT2D eigenvalue weighted by atomic mass is 10.1. The summed E-state index contributed by atoms with van der Waals surface area (Å²) in [5, 5.41) is 18.9. The molecular formula is C14H23N3O4. The minimum absolute atomic E-state index is 0.121. The number of carbonyl (C=O) groups is 2. The number of carboxylic acids is 1. The molecule has 3 heterocycles. The van der Waals surface area contributed by atoms with E-state index in [1.165, 1.54) is 11.3 Å². The van der Waals surface area contributed by atoms with Crippen LogP contribution in [0, 0.1) is 0 Å². The number of hydrogen-bond acceptors (Lipinski definition) is 4. The number of amides is 2. The van der Waals surface area contributed by atoms with Crippen molar-refractivity contribution in [1.29, 1.82) is 0 Å². The molecule has 118 valence electrons. The van der Waals surface area contributed by atoms with Crippen molar-refractivity contribution in [3.63, 3.8) is 0 Å². The molecule has 2 bridgehead atoms. The van der Waals surface area contributed by atoms with Gasteiger partial charge in [-0.3, -0.25) is 4.90 Å². The first-order valence-corrected chi connectivity index (χ1v) is 7.65. The van der Waals surface area contributed by atoms with Gasteiger partial charge in [0, 0.05) is 38.1 Å². The maximum absolute atomic E-state index is 12.7. The van der Waals surface area contributed by atoms with Crippen molar-refractivity contribution in [3.05, 3.63) is 0 Å². The van der Waals surface area contributed by atoms with Crippen molar-refractivity contribution in [2.45, 2.75) is 49.9 Å². The van der Waals surface area contributed by atoms with E-state index in [9.17, 15) is 19.8 Å². The number of hydrogen-bond donors (Lipinski definition) is 2. The van der Waals surface area contributed by atoms with Gasteiger partial charge in [0.2, 0.25) is 0 Å². The van der Waals surface area contributed by atoms with E-state index in [0.29, 0.717) is 25.2 Å². The van der Waals surface area contributed by atoms with E-state index in [1.807, 2.05) is 0 Å². The number of likely N-dealkylation sites (tertiary alicyclic amines) is 2. The van der Waals surface area contributed by atoms with Crippen LogP contribution in [0.4, 0.5) is 4.79 Å². The number of aliphatic hydroxyl groups excluding tert-OH is 1. The highest BCUT2D eigenvalue weighted by Gasteiger charge is 2.43. The van der Waals surface area contributed by atoms with E-state index in [2.05, 4.69) is 11.9 Å². The summed E-state index contributed by atoms with van der Waals surface area (Å²) in [6.45, 7) is 1.45. The van der Waals surface area contributed by atoms with Gasteiger partial charge >= 0.3 is 12.0 Å². The molecule has 7 heteroatoms. The van der Waals surface area contributed by atoms with Crippen molar-refractivity contribution in [1.82, 2.24) is 14.7 Å². The second-order valence-electron chi connectivity index (χ2n) is 6.46. The molecular weight excluding hydrogens is 274 g/mol. The molecule has 0 aliphatic carbocycles. The maximum Gasteiger partial charge on any atom is 0.326 e. The number of nitrogens with zero attached hydrogens (tertiary/aromatic N) is 3. The van der Waals surface area contributed by atoms with Crippen LogP contribution < -0.4 is 0 Å². The Morgan fingerprint density at radius 2 is 1.81 bits per heavy atom. The molecule has 3 saturated heterocycles. The van der Waals surface area contributed by atoms with Gasteiger partial charge in [-0.05, 0) is 26.3 Å². The fraction of sp³-hybridized carbons (Fsp3) is 0.857. The molecule has 0 aromatic carbocycles. The molecule has 0 aromatic rings. The van der Waals surface area contributed by atoms with Crippen molar-refractivity contribution in [3.8, 4) is 0 Å². The Hall–Kier alpha value is -1.34. The number of fused-ring (bicyclic) bond motifs is 2. The predicted octanol–water partition coefficient (Wildman–Crippen LogP) is -0.205. The smallest absolute Gasteiger partial charge is 0.326 e. The molecule has 21 heavy (non-hydrogen) atoms. The first-order valence-electron chi connectivity index (χ1n) is 7.65. The number of rotatable bonds is 1. The zero-order valence-electron chi connectivity index (χ0n) is 12.3. The van der Waals surface area contributed by atoms with E-state index in [4.69, 9.17) is 0 Å². The Bertz CT molecular complexity index is 444. The molecule has 0 spiro atoms. The van der Waals surface area contributed by atoms with Gasteiger partial charge in [0.05, 0.1) is 6.10 Å². The average molecular weight is 297 g/mol. The fourth-order valence-electron chi connectivity index (χ4n) is 3.92. The standard InChI is InChI=1S/C14H23N3O4/c1-15-9-2-3-10(15)7-16(5-4-9)14(21)17-8-11(18)6-12(17)13(19)20/h9-12,18H,2-8H2,1H3,(H,19,20)/t9?,10?,11-,12-/m0/s1. The summed E-state index contributed by atoms with van der Waals surface area (Å²) in [4.78, 5) is 29.4. The number of likely N-dealkylation sites (N-methyl/N-ethyl adjacent to an activating group) is 1. The van der Waals surface area contributed by atoms with E-state index < -0.39 is 18.1 Å². The Labute approximate surface area is 124 Å². The molecule has 2 unspecified atom stereocenters. The first-order chi connectivity index (χ1) is 9.97. The summed E-state index contributed by atoms with van der Waals surface area (Å²) in [5.41, 5.74) is 0. The third kappa shape index (κ3) is 2.60. The number of carboxylic acid groups (broad SMARTS) is 1. The fourth-order valence-corrected chi connectivity index (χ4v) is 3.92. The van der Waals surface area contributed by atoms with E-state index in [-0.39, 0.29) is 19.0 Å². The van der Waals surface area contributed by atoms with Crippen molar-refractivity contribution >= 4 is 12.0 Å². The number of aliphatic hydroxyl groups is 1. The Morgan fingerprint density at radius 1 is 1.10 bits per heavy atom. The number of β-amino-alcohol motifs (C(OH)–C–C–N with tert-alkyl or cyclic N) is 1. The minimum atomic E-state index is -1.03. The first kappa shape index (κ1) is 14.6. The summed E-state index contributed by atoms with van der Waals surface area (Å²) in [7, 11) is 2.11. The van der Waals surface area contributed by atoms with Crippen LogP contribution in [0.1, 0.15) is 25.7 Å². The monoisotopic (exact) mass is 297 g/mol. The van der Waals surface area contributed by atoms with Crippen LogP contribution in [-0.4, -0.2) is 87.8 Å². The zero-order valence-corrected chi connectivity index (χ0v) is 12.3. The summed E-state index contributed by atoms with van der Waals surface area (Å²) in [5.74, 6) is -1.03. The van der Waals surface area contributed by atoms with E-state index in [1.54, 1.807) is 4.90 Å². The van der Waals surface area contributed by atoms with Crippen LogP contribution in [0.25, 0.3) is 0 Å². The molecule has 3 aliphatic rings. The lowest BCUT2D eigenvalue weighted by Gasteiger charge is -2.31. The quantitative estimate of drug-likeness (QED) is 0.700. The number of urea groups is 1. The molecule has 0 radical (unpaired) electrons. The highest BCUT2D eigenvalue weighted by atomic mass is 16.4. The van der Waals surface area contributed by atoms with Gasteiger partial charge in [0.25, 0.3) is 0 Å². The lowest BCUT2D eigenvalue weighted by molar-refractivity contribution is -0.141. The van der Waals surface area contributed by atoms with E-state index >= 15 is 0 Å². The summed E-state index contributed by atoms with van der Waals surface area (Å²) in [6.07, 6.45) is 2.61. The summed E-state index contributed by atoms with van der Waals surface area (Å²) < 4.78 is 0. The van der Waals surface area contributed by atoms with Gasteiger partial charge in [-0.25, -0.2) is 9.59 Å². The lowest BCUT2D eigenvalue weighted by Crippen LogP contribution is -2.50. The van der Waals surface area contributed by atoms with Crippen LogP contribution in [0.2, 0.25) is 0 Å². The molecule has 3 rings (SSSR count). The second kappa shape index (κ2) is 5.46. The number of carbonyl (C=O) groups excluding carboxylic acids is 1. The van der Waals surface area contributed by atoms with Crippen LogP contribution in [0.5, 0.6) is 0 Å². The second-order valence-corrected chi connectivity index (χ2v) is 6.46. The van der Waals surface area contributed by atoms with Gasteiger partial charge in [0.15, 0.2) is 0 Å². The zero-order chi connectivity index (χ0) is 15.1. The van der Waals surface area contributed by atoms with Crippen molar-refractivity contribution < 1.29 is 19.8 Å². The predicted molar refractivity (Wildman–Crippen MR) is 74.9 cm³/mol. The van der Waals surface area contributed by atoms with Crippen LogP contribution in [0.3, 0.4) is 0 Å². The van der Waals surface area contributed by atoms with Gasteiger partial charge in [-0.2, -0.15) is 0 Å². The molecule has 3 fully saturated rings. The topological polar surface area (TPSA) is 84.3 Å². The largest absolute Gasteiger partial charge is 0.480 e. The van der Waals surface area contributed by atoms with Crippen molar-refractivity contribution in [2.75, 3.05) is 26.7 Å². The molecule has 4 atom stereocenters. The highest BCUT2D eigenvalue weighted by molar-refractivity contribution is 5.83. The molecule has 0 aromatic heterocycles. The molecule has 2 N–H and O–H groups in total. The SMILES string of the molecule is CN1C2CCC1CN(C(=O)N1C[C@@H](O)C[C@H]1C(=O)O)CC2. The summed E-state index contributed by atoms with van der Waals surface area (Å²) in [6, 6.07) is -0.227. The Balaban J connectivity index is 1.71. The van der Waals surface area contributed by atoms with Crippen LogP contribution in [0.15, 0.2) is 0 Å². The highest BCUT2D eigenvalue weighted by Crippen LogP contribution is 2.29. The number of aliphatic carboxylic acids is 1. The van der Waals surface area contributed by atoms with Gasteiger partial charge in [-0.1, -0.05) is 0 Å². The summed E-state index contributed by atoms with van der Waals surface area (Å²) >= 11 is 0. The van der Waals surface area contributed by atoms with Gasteiger partial charge in [-0.15, -0.1) is 0 Å². The Kier molecular flexibility index (Phi) is 3.79. The Morgan fingerprint density at radius 3 is 2.52 bits per heavy atom. The molecule has 0 saturated carbocycles. The normalized spacial score (nSPS) is 36.9.